The third-order valence-electron chi connectivity index (χ3n) is 5.58. The van der Waals surface area contributed by atoms with Gasteiger partial charge in [0, 0.05) is 24.1 Å². The predicted molar refractivity (Wildman–Crippen MR) is 159 cm³/mol. The van der Waals surface area contributed by atoms with Crippen LogP contribution in [0.25, 0.3) is 0 Å². The van der Waals surface area contributed by atoms with Gasteiger partial charge in [0.15, 0.2) is 11.6 Å². The van der Waals surface area contributed by atoms with E-state index in [4.69, 9.17) is 35.1 Å². The van der Waals surface area contributed by atoms with Crippen LogP contribution >= 0.6 is 11.6 Å². The van der Waals surface area contributed by atoms with Crippen molar-refractivity contribution in [1.82, 2.24) is 10.3 Å². The maximum atomic E-state index is 12.6. The molecule has 2 N–H and O–H groups in total. The number of ether oxygens (including phenoxy) is 3. The Labute approximate surface area is 247 Å². The van der Waals surface area contributed by atoms with Gasteiger partial charge in [0.1, 0.15) is 23.0 Å². The fourth-order valence-corrected chi connectivity index (χ4v) is 4.07. The van der Waals surface area contributed by atoms with Crippen LogP contribution in [0.3, 0.4) is 0 Å². The number of alkyl carbamates (subject to hydrolysis) is 1. The number of amides is 2. The molecule has 12 heteroatoms. The summed E-state index contributed by atoms with van der Waals surface area (Å²) in [5, 5.41) is 5.59. The standard InChI is InChI=1S/C29H41BClN3O7/c1-27(2,3)40-25(35)32-20(14-19-12-10-9-11-13-19)16-37-22-15-21(30-38-17-29(7,8)18-39-30)23(31)33-24(22)34-26(36)41-28(4,5)6/h9-13,15,20H,14,16-18H2,1-8H3,(H,32,35)(H,33,34,36)/t20-/m0/s1. The topological polar surface area (TPSA) is 117 Å². The van der Waals surface area contributed by atoms with Gasteiger partial charge in [-0.05, 0) is 59.6 Å². The van der Waals surface area contributed by atoms with Crippen molar-refractivity contribution in [2.45, 2.75) is 79.1 Å². The Morgan fingerprint density at radius 2 is 1.61 bits per heavy atom. The lowest BCUT2D eigenvalue weighted by atomic mass is 9.76. The lowest BCUT2D eigenvalue weighted by molar-refractivity contribution is 0.0343. The molecule has 1 aliphatic heterocycles. The first kappa shape index (κ1) is 32.5. The average Bonchev–Trinajstić information content (AvgIpc) is 2.82. The van der Waals surface area contributed by atoms with Crippen LogP contribution in [0.1, 0.15) is 61.0 Å². The van der Waals surface area contributed by atoms with E-state index in [9.17, 15) is 9.59 Å². The summed E-state index contributed by atoms with van der Waals surface area (Å²) < 4.78 is 28.9. The first-order chi connectivity index (χ1) is 19.0. The molecule has 0 bridgehead atoms. The molecular weight excluding hydrogens is 549 g/mol. The molecule has 0 radical (unpaired) electrons. The summed E-state index contributed by atoms with van der Waals surface area (Å²) in [6.07, 6.45) is -0.832. The molecule has 1 saturated heterocycles. The number of pyridine rings is 1. The van der Waals surface area contributed by atoms with Crippen LogP contribution in [-0.2, 0) is 25.2 Å². The van der Waals surface area contributed by atoms with E-state index in [0.29, 0.717) is 25.1 Å². The molecule has 0 unspecified atom stereocenters. The van der Waals surface area contributed by atoms with E-state index in [1.165, 1.54) is 0 Å². The molecule has 1 aromatic carbocycles. The SMILES string of the molecule is CC1(C)COB(c2cc(OC[C@H](Cc3ccccc3)NC(=O)OC(C)(C)C)c(NC(=O)OC(C)(C)C)nc2Cl)OC1. The normalized spacial score (nSPS) is 16.0. The second-order valence-corrected chi connectivity index (χ2v) is 13.2. The van der Waals surface area contributed by atoms with Crippen LogP contribution in [0.5, 0.6) is 5.75 Å². The van der Waals surface area contributed by atoms with E-state index >= 15 is 0 Å². The largest absolute Gasteiger partial charge is 0.497 e. The van der Waals surface area contributed by atoms with Gasteiger partial charge in [-0.3, -0.25) is 5.32 Å². The molecule has 1 aromatic heterocycles. The van der Waals surface area contributed by atoms with Gasteiger partial charge in [-0.1, -0.05) is 55.8 Å². The highest BCUT2D eigenvalue weighted by Gasteiger charge is 2.36. The quantitative estimate of drug-likeness (QED) is 0.312. The first-order valence-electron chi connectivity index (χ1n) is 13.6. The number of hydrogen-bond donors (Lipinski definition) is 2. The molecule has 10 nitrogen and oxygen atoms in total. The number of aromatic nitrogens is 1. The maximum absolute atomic E-state index is 12.6. The van der Waals surface area contributed by atoms with E-state index in [-0.39, 0.29) is 28.7 Å². The lowest BCUT2D eigenvalue weighted by Crippen LogP contribution is -2.48. The number of carbonyl (C=O) groups is 2. The summed E-state index contributed by atoms with van der Waals surface area (Å²) in [6, 6.07) is 10.8. The highest BCUT2D eigenvalue weighted by molar-refractivity contribution is 6.65. The minimum absolute atomic E-state index is 0.0271. The van der Waals surface area contributed by atoms with Crippen molar-refractivity contribution in [3.63, 3.8) is 0 Å². The number of halogens is 1. The van der Waals surface area contributed by atoms with Gasteiger partial charge >= 0.3 is 19.3 Å². The number of benzene rings is 1. The third kappa shape index (κ3) is 11.1. The van der Waals surface area contributed by atoms with Crippen LogP contribution in [0.4, 0.5) is 15.4 Å². The van der Waals surface area contributed by atoms with Crippen molar-refractivity contribution in [3.05, 3.63) is 47.1 Å². The van der Waals surface area contributed by atoms with E-state index in [1.54, 1.807) is 47.6 Å². The molecule has 1 fully saturated rings. The summed E-state index contributed by atoms with van der Waals surface area (Å²) in [6.45, 7) is 15.7. The summed E-state index contributed by atoms with van der Waals surface area (Å²) in [7, 11) is -0.763. The fourth-order valence-electron chi connectivity index (χ4n) is 3.84. The monoisotopic (exact) mass is 589 g/mol. The fraction of sp³-hybridized carbons (Fsp3) is 0.552. The second-order valence-electron chi connectivity index (χ2n) is 12.8. The van der Waals surface area contributed by atoms with Gasteiger partial charge in [-0.2, -0.15) is 0 Å². The number of hydrogen-bond acceptors (Lipinski definition) is 8. The minimum Gasteiger partial charge on any atom is -0.488 e. The third-order valence-corrected chi connectivity index (χ3v) is 5.88. The minimum atomic E-state index is -0.763. The Kier molecular flexibility index (Phi) is 10.6. The van der Waals surface area contributed by atoms with Crippen LogP contribution in [-0.4, -0.2) is 61.4 Å². The van der Waals surface area contributed by atoms with Gasteiger partial charge in [0.2, 0.25) is 0 Å². The molecule has 41 heavy (non-hydrogen) atoms. The Hall–Kier alpha value is -3.02. The molecule has 1 aliphatic rings. The van der Waals surface area contributed by atoms with Crippen molar-refractivity contribution in [3.8, 4) is 5.75 Å². The van der Waals surface area contributed by atoms with Crippen LogP contribution in [0, 0.1) is 5.41 Å². The second kappa shape index (κ2) is 13.3. The van der Waals surface area contributed by atoms with Crippen molar-refractivity contribution in [2.24, 2.45) is 5.41 Å². The van der Waals surface area contributed by atoms with E-state index in [1.807, 2.05) is 44.2 Å². The Bertz CT molecular complexity index is 1190. The summed E-state index contributed by atoms with van der Waals surface area (Å²) in [4.78, 5) is 29.6. The van der Waals surface area contributed by atoms with Crippen LogP contribution in [0.2, 0.25) is 5.15 Å². The smallest absolute Gasteiger partial charge is 0.488 e. The summed E-state index contributed by atoms with van der Waals surface area (Å²) in [5.41, 5.74) is -0.108. The first-order valence-corrected chi connectivity index (χ1v) is 14.0. The molecule has 2 amide bonds. The molecule has 2 aromatic rings. The highest BCUT2D eigenvalue weighted by Crippen LogP contribution is 2.28. The molecule has 224 valence electrons. The Morgan fingerprint density at radius 3 is 2.20 bits per heavy atom. The van der Waals surface area contributed by atoms with Crippen molar-refractivity contribution < 1.29 is 33.1 Å². The van der Waals surface area contributed by atoms with E-state index < -0.39 is 36.5 Å². The molecule has 0 spiro atoms. The van der Waals surface area contributed by atoms with Crippen molar-refractivity contribution in [1.29, 1.82) is 0 Å². The zero-order valence-electron chi connectivity index (χ0n) is 25.1. The molecular formula is C29H41BClN3O7. The van der Waals surface area contributed by atoms with Gasteiger partial charge in [0.05, 0.1) is 6.04 Å². The Morgan fingerprint density at radius 1 is 1.02 bits per heavy atom. The molecule has 0 saturated carbocycles. The average molecular weight is 590 g/mol. The van der Waals surface area contributed by atoms with Crippen LogP contribution in [0.15, 0.2) is 36.4 Å². The predicted octanol–water partition coefficient (Wildman–Crippen LogP) is 5.37. The lowest BCUT2D eigenvalue weighted by Gasteiger charge is -2.33. The van der Waals surface area contributed by atoms with E-state index in [2.05, 4.69) is 15.6 Å². The molecule has 3 rings (SSSR count). The van der Waals surface area contributed by atoms with Crippen LogP contribution < -0.4 is 20.8 Å². The number of nitrogens with one attached hydrogen (secondary N) is 2. The summed E-state index contributed by atoms with van der Waals surface area (Å²) in [5.74, 6) is 0.260. The van der Waals surface area contributed by atoms with Crippen molar-refractivity contribution >= 4 is 42.2 Å². The Balaban J connectivity index is 1.88. The number of anilines is 1. The molecule has 2 heterocycles. The summed E-state index contributed by atoms with van der Waals surface area (Å²) >= 11 is 6.53. The maximum Gasteiger partial charge on any atom is 0.497 e. The zero-order chi connectivity index (χ0) is 30.4. The van der Waals surface area contributed by atoms with Gasteiger partial charge in [-0.25, -0.2) is 14.6 Å². The van der Waals surface area contributed by atoms with Crippen molar-refractivity contribution in [2.75, 3.05) is 25.1 Å². The van der Waals surface area contributed by atoms with Gasteiger partial charge in [-0.15, -0.1) is 0 Å². The number of rotatable bonds is 8. The van der Waals surface area contributed by atoms with Gasteiger partial charge < -0.3 is 28.8 Å². The molecule has 0 aliphatic carbocycles. The van der Waals surface area contributed by atoms with E-state index in [0.717, 1.165) is 5.56 Å². The van der Waals surface area contributed by atoms with Gasteiger partial charge in [0.25, 0.3) is 0 Å². The highest BCUT2D eigenvalue weighted by atomic mass is 35.5. The zero-order valence-corrected chi connectivity index (χ0v) is 25.9. The molecule has 1 atom stereocenters. The number of nitrogens with zero attached hydrogens (tertiary/aromatic N) is 1. The number of carbonyl (C=O) groups excluding carboxylic acids is 2.